The van der Waals surface area contributed by atoms with Crippen molar-refractivity contribution in [1.82, 2.24) is 10.6 Å². The van der Waals surface area contributed by atoms with Gasteiger partial charge in [0.1, 0.15) is 5.76 Å². The maximum Gasteiger partial charge on any atom is 0.315 e. The van der Waals surface area contributed by atoms with E-state index in [-0.39, 0.29) is 12.5 Å². The summed E-state index contributed by atoms with van der Waals surface area (Å²) in [6, 6.07) is 1.87. The van der Waals surface area contributed by atoms with Crippen molar-refractivity contribution in [3.8, 4) is 0 Å². The number of carboxylic acids is 1. The summed E-state index contributed by atoms with van der Waals surface area (Å²) in [6.45, 7) is 3.80. The first-order chi connectivity index (χ1) is 8.54. The van der Waals surface area contributed by atoms with Gasteiger partial charge in [-0.05, 0) is 18.1 Å². The van der Waals surface area contributed by atoms with Gasteiger partial charge >= 0.3 is 6.03 Å². The molecule has 0 spiro atoms. The molecule has 1 rings (SSSR count). The molecule has 100 valence electrons. The van der Waals surface area contributed by atoms with Crippen LogP contribution in [0, 0.1) is 5.92 Å². The van der Waals surface area contributed by atoms with E-state index in [1.54, 1.807) is 19.1 Å². The summed E-state index contributed by atoms with van der Waals surface area (Å²) < 4.78 is 5.03. The van der Waals surface area contributed by atoms with Crippen LogP contribution in [-0.4, -0.2) is 18.0 Å². The molecule has 0 bridgehead atoms. The number of hydrogen-bond acceptors (Lipinski definition) is 4. The number of rotatable bonds is 6. The van der Waals surface area contributed by atoms with Gasteiger partial charge in [-0.3, -0.25) is 0 Å². The van der Waals surface area contributed by atoms with Gasteiger partial charge in [0.05, 0.1) is 24.8 Å². The predicted octanol–water partition coefficient (Wildman–Crippen LogP) is 0.243. The van der Waals surface area contributed by atoms with Gasteiger partial charge in [0.25, 0.3) is 0 Å². The number of furan rings is 1. The molecule has 1 heterocycles. The van der Waals surface area contributed by atoms with Crippen molar-refractivity contribution in [3.63, 3.8) is 0 Å². The lowest BCUT2D eigenvalue weighted by Gasteiger charge is -2.25. The molecule has 0 aliphatic carbocycles. The van der Waals surface area contributed by atoms with Crippen LogP contribution in [0.4, 0.5) is 4.79 Å². The number of aliphatic carboxylic acids is 1. The minimum absolute atomic E-state index is 0.190. The highest BCUT2D eigenvalue weighted by molar-refractivity contribution is 5.81. The zero-order valence-electron chi connectivity index (χ0n) is 10.4. The second kappa shape index (κ2) is 6.68. The first-order valence-corrected chi connectivity index (χ1v) is 5.82. The molecule has 0 fully saturated rings. The average Bonchev–Trinajstić information content (AvgIpc) is 2.85. The molecule has 1 aromatic rings. The molecule has 0 saturated carbocycles. The minimum Gasteiger partial charge on any atom is -0.548 e. The topological polar surface area (TPSA) is 94.4 Å². The van der Waals surface area contributed by atoms with E-state index in [0.29, 0.717) is 12.2 Å². The van der Waals surface area contributed by atoms with Crippen molar-refractivity contribution < 1.29 is 19.1 Å². The zero-order chi connectivity index (χ0) is 13.5. The van der Waals surface area contributed by atoms with Crippen LogP contribution in [0.25, 0.3) is 0 Å². The van der Waals surface area contributed by atoms with Crippen LogP contribution >= 0.6 is 0 Å². The highest BCUT2D eigenvalue weighted by Crippen LogP contribution is 2.06. The number of hydrogen-bond donors (Lipinski definition) is 2. The molecule has 6 heteroatoms. The molecule has 18 heavy (non-hydrogen) atoms. The molecular weight excluding hydrogens is 236 g/mol. The third-order valence-electron chi connectivity index (χ3n) is 2.76. The Morgan fingerprint density at radius 3 is 2.72 bits per heavy atom. The highest BCUT2D eigenvalue weighted by atomic mass is 16.4. The zero-order valence-corrected chi connectivity index (χ0v) is 10.4. The van der Waals surface area contributed by atoms with E-state index in [1.807, 2.05) is 6.92 Å². The first-order valence-electron chi connectivity index (χ1n) is 5.82. The monoisotopic (exact) mass is 253 g/mol. The summed E-state index contributed by atoms with van der Waals surface area (Å²) in [5.74, 6) is -0.874. The largest absolute Gasteiger partial charge is 0.548 e. The average molecular weight is 253 g/mol. The molecule has 0 aliphatic rings. The summed E-state index contributed by atoms with van der Waals surface area (Å²) in [5.41, 5.74) is 0. The summed E-state index contributed by atoms with van der Waals surface area (Å²) in [4.78, 5) is 22.4. The van der Waals surface area contributed by atoms with E-state index in [9.17, 15) is 14.7 Å². The SMILES string of the molecule is CC[C@@H](C)[C@H](NC(=O)NCc1ccco1)C(=O)[O-]. The predicted molar refractivity (Wildman–Crippen MR) is 62.3 cm³/mol. The quantitative estimate of drug-likeness (QED) is 0.759. The van der Waals surface area contributed by atoms with Crippen molar-refractivity contribution >= 4 is 12.0 Å². The smallest absolute Gasteiger partial charge is 0.315 e. The molecule has 0 radical (unpaired) electrons. The number of carboxylic acid groups (broad SMARTS) is 1. The Kier molecular flexibility index (Phi) is 5.23. The van der Waals surface area contributed by atoms with E-state index < -0.39 is 18.0 Å². The van der Waals surface area contributed by atoms with E-state index in [4.69, 9.17) is 4.42 Å². The number of carbonyl (C=O) groups is 2. The normalized spacial score (nSPS) is 13.7. The summed E-state index contributed by atoms with van der Waals surface area (Å²) in [5, 5.41) is 15.8. The molecule has 0 aromatic carbocycles. The lowest BCUT2D eigenvalue weighted by Crippen LogP contribution is -2.53. The Morgan fingerprint density at radius 2 is 2.22 bits per heavy atom. The van der Waals surface area contributed by atoms with Crippen LogP contribution in [-0.2, 0) is 11.3 Å². The second-order valence-electron chi connectivity index (χ2n) is 4.09. The first kappa shape index (κ1) is 14.1. The van der Waals surface area contributed by atoms with Gasteiger partial charge in [-0.1, -0.05) is 20.3 Å². The van der Waals surface area contributed by atoms with Crippen LogP contribution in [0.5, 0.6) is 0 Å². The number of urea groups is 1. The van der Waals surface area contributed by atoms with E-state index in [1.165, 1.54) is 6.26 Å². The molecule has 2 N–H and O–H groups in total. The van der Waals surface area contributed by atoms with Crippen LogP contribution in [0.1, 0.15) is 26.0 Å². The van der Waals surface area contributed by atoms with Crippen molar-refractivity contribution in [2.75, 3.05) is 0 Å². The number of amides is 2. The molecule has 0 saturated heterocycles. The fraction of sp³-hybridized carbons (Fsp3) is 0.500. The van der Waals surface area contributed by atoms with Gasteiger partial charge in [0.2, 0.25) is 0 Å². The van der Waals surface area contributed by atoms with Crippen molar-refractivity contribution in [2.24, 2.45) is 5.92 Å². The minimum atomic E-state index is -1.28. The Labute approximate surface area is 105 Å². The van der Waals surface area contributed by atoms with Crippen molar-refractivity contribution in [2.45, 2.75) is 32.9 Å². The van der Waals surface area contributed by atoms with Crippen molar-refractivity contribution in [3.05, 3.63) is 24.2 Å². The molecule has 0 unspecified atom stereocenters. The highest BCUT2D eigenvalue weighted by Gasteiger charge is 2.19. The molecular formula is C12H17N2O4-. The Bertz CT molecular complexity index is 389. The Hall–Kier alpha value is -1.98. The molecule has 0 aliphatic heterocycles. The Morgan fingerprint density at radius 1 is 1.50 bits per heavy atom. The number of carbonyl (C=O) groups excluding carboxylic acids is 2. The van der Waals surface area contributed by atoms with Crippen LogP contribution in [0.2, 0.25) is 0 Å². The lowest BCUT2D eigenvalue weighted by atomic mass is 9.99. The molecule has 1 aromatic heterocycles. The fourth-order valence-electron chi connectivity index (χ4n) is 1.44. The van der Waals surface area contributed by atoms with E-state index in [0.717, 1.165) is 0 Å². The van der Waals surface area contributed by atoms with Gasteiger partial charge < -0.3 is 25.0 Å². The maximum absolute atomic E-state index is 11.5. The molecule has 6 nitrogen and oxygen atoms in total. The fourth-order valence-corrected chi connectivity index (χ4v) is 1.44. The summed E-state index contributed by atoms with van der Waals surface area (Å²) in [7, 11) is 0. The Balaban J connectivity index is 2.44. The van der Waals surface area contributed by atoms with Gasteiger partial charge in [0.15, 0.2) is 0 Å². The van der Waals surface area contributed by atoms with Gasteiger partial charge in [0, 0.05) is 0 Å². The summed E-state index contributed by atoms with van der Waals surface area (Å²) >= 11 is 0. The standard InChI is InChI=1S/C12H18N2O4/c1-3-8(2)10(11(15)16)14-12(17)13-7-9-5-4-6-18-9/h4-6,8,10H,3,7H2,1-2H3,(H,15,16)(H2,13,14,17)/p-1/t8-,10+/m1/s1. The summed E-state index contributed by atoms with van der Waals surface area (Å²) in [6.07, 6.45) is 2.13. The van der Waals surface area contributed by atoms with Gasteiger partial charge in [-0.25, -0.2) is 4.79 Å². The van der Waals surface area contributed by atoms with E-state index in [2.05, 4.69) is 10.6 Å². The van der Waals surface area contributed by atoms with Gasteiger partial charge in [-0.2, -0.15) is 0 Å². The molecule has 2 amide bonds. The van der Waals surface area contributed by atoms with Gasteiger partial charge in [-0.15, -0.1) is 0 Å². The second-order valence-corrected chi connectivity index (χ2v) is 4.09. The van der Waals surface area contributed by atoms with Crippen LogP contribution in [0.3, 0.4) is 0 Å². The third-order valence-corrected chi connectivity index (χ3v) is 2.76. The van der Waals surface area contributed by atoms with Crippen LogP contribution in [0.15, 0.2) is 22.8 Å². The maximum atomic E-state index is 11.5. The lowest BCUT2D eigenvalue weighted by molar-refractivity contribution is -0.309. The molecule has 2 atom stereocenters. The third kappa shape index (κ3) is 4.12. The van der Waals surface area contributed by atoms with E-state index >= 15 is 0 Å². The number of nitrogens with one attached hydrogen (secondary N) is 2. The van der Waals surface area contributed by atoms with Crippen molar-refractivity contribution in [1.29, 1.82) is 0 Å². The van der Waals surface area contributed by atoms with Crippen LogP contribution < -0.4 is 15.7 Å².